The monoisotopic (exact) mass is 561 g/mol. The van der Waals surface area contributed by atoms with Gasteiger partial charge in [-0.25, -0.2) is 0 Å². The SMILES string of the molecule is CCNC(=NCC1(CCOC)CCCC1)NCCc1nc(-c2ccc(Cl)cc2)no1.I. The molecule has 1 saturated carbocycles. The molecule has 7 nitrogen and oxygen atoms in total. The molecule has 2 N–H and O–H groups in total. The maximum atomic E-state index is 5.93. The second kappa shape index (κ2) is 13.2. The highest BCUT2D eigenvalue weighted by atomic mass is 127. The molecule has 172 valence electrons. The molecule has 0 radical (unpaired) electrons. The van der Waals surface area contributed by atoms with Gasteiger partial charge in [-0.1, -0.05) is 29.6 Å². The molecule has 2 aromatic rings. The molecular weight excluding hydrogens is 529 g/mol. The number of hydrogen-bond donors (Lipinski definition) is 2. The highest BCUT2D eigenvalue weighted by Gasteiger charge is 2.33. The predicted octanol–water partition coefficient (Wildman–Crippen LogP) is 4.70. The highest BCUT2D eigenvalue weighted by molar-refractivity contribution is 14.0. The van der Waals surface area contributed by atoms with Crippen LogP contribution < -0.4 is 10.6 Å². The zero-order valence-corrected chi connectivity index (χ0v) is 21.4. The van der Waals surface area contributed by atoms with Crippen molar-refractivity contribution in [2.75, 3.05) is 33.4 Å². The third-order valence-corrected chi connectivity index (χ3v) is 5.87. The molecule has 0 spiro atoms. The molecule has 1 aliphatic rings. The van der Waals surface area contributed by atoms with E-state index >= 15 is 0 Å². The van der Waals surface area contributed by atoms with E-state index in [9.17, 15) is 0 Å². The summed E-state index contributed by atoms with van der Waals surface area (Å²) in [5.74, 6) is 2.00. The molecule has 0 bridgehead atoms. The largest absolute Gasteiger partial charge is 0.385 e. The molecule has 0 amide bonds. The number of hydrogen-bond acceptors (Lipinski definition) is 5. The Morgan fingerprint density at radius 1 is 1.23 bits per heavy atom. The number of benzene rings is 1. The van der Waals surface area contributed by atoms with Gasteiger partial charge in [-0.05, 0) is 55.9 Å². The lowest BCUT2D eigenvalue weighted by Crippen LogP contribution is -2.39. The second-order valence-electron chi connectivity index (χ2n) is 7.84. The van der Waals surface area contributed by atoms with Crippen molar-refractivity contribution in [3.05, 3.63) is 35.2 Å². The summed E-state index contributed by atoms with van der Waals surface area (Å²) in [6.07, 6.45) is 6.73. The Labute approximate surface area is 206 Å². The maximum absolute atomic E-state index is 5.93. The molecular formula is C22H33ClIN5O2. The van der Waals surface area contributed by atoms with Crippen molar-refractivity contribution in [1.29, 1.82) is 0 Å². The summed E-state index contributed by atoms with van der Waals surface area (Å²) >= 11 is 5.93. The first-order valence-corrected chi connectivity index (χ1v) is 11.1. The van der Waals surface area contributed by atoms with Gasteiger partial charge >= 0.3 is 0 Å². The molecule has 1 fully saturated rings. The van der Waals surface area contributed by atoms with E-state index in [1.807, 2.05) is 24.3 Å². The zero-order chi connectivity index (χ0) is 21.2. The fourth-order valence-electron chi connectivity index (χ4n) is 3.88. The molecule has 0 aliphatic heterocycles. The quantitative estimate of drug-likeness (QED) is 0.248. The van der Waals surface area contributed by atoms with Crippen molar-refractivity contribution in [3.8, 4) is 11.4 Å². The van der Waals surface area contributed by atoms with Gasteiger partial charge < -0.3 is 19.9 Å². The van der Waals surface area contributed by atoms with Crippen LogP contribution in [-0.4, -0.2) is 49.5 Å². The molecule has 1 aromatic carbocycles. The van der Waals surface area contributed by atoms with Crippen molar-refractivity contribution in [1.82, 2.24) is 20.8 Å². The average Bonchev–Trinajstić information content (AvgIpc) is 3.41. The van der Waals surface area contributed by atoms with Gasteiger partial charge in [0.05, 0.1) is 0 Å². The number of rotatable bonds is 10. The van der Waals surface area contributed by atoms with Crippen LogP contribution in [-0.2, 0) is 11.2 Å². The number of methoxy groups -OCH3 is 1. The van der Waals surface area contributed by atoms with Crippen molar-refractivity contribution >= 4 is 41.5 Å². The van der Waals surface area contributed by atoms with Crippen molar-refractivity contribution in [2.45, 2.75) is 45.4 Å². The number of guanidine groups is 1. The van der Waals surface area contributed by atoms with Gasteiger partial charge in [-0.3, -0.25) is 4.99 Å². The van der Waals surface area contributed by atoms with E-state index < -0.39 is 0 Å². The maximum Gasteiger partial charge on any atom is 0.228 e. The number of ether oxygens (including phenoxy) is 1. The standard InChI is InChI=1S/C22H32ClN5O2.HI/c1-3-24-21(26-16-22(13-15-29-2)11-4-5-12-22)25-14-10-19-27-20(28-30-19)17-6-8-18(23)9-7-17;/h6-9H,3-5,10-16H2,1-2H3,(H2,24,25,26);1H. The summed E-state index contributed by atoms with van der Waals surface area (Å²) in [5, 5.41) is 11.5. The molecule has 1 heterocycles. The van der Waals surface area contributed by atoms with Crippen molar-refractivity contribution < 1.29 is 9.26 Å². The van der Waals surface area contributed by atoms with E-state index in [1.165, 1.54) is 25.7 Å². The molecule has 0 saturated heterocycles. The van der Waals surface area contributed by atoms with E-state index in [2.05, 4.69) is 27.7 Å². The second-order valence-corrected chi connectivity index (χ2v) is 8.28. The van der Waals surface area contributed by atoms with Gasteiger partial charge in [0.1, 0.15) is 0 Å². The number of halogens is 2. The van der Waals surface area contributed by atoms with E-state index in [0.717, 1.165) is 37.6 Å². The Morgan fingerprint density at radius 2 is 1.97 bits per heavy atom. The lowest BCUT2D eigenvalue weighted by molar-refractivity contribution is 0.141. The highest BCUT2D eigenvalue weighted by Crippen LogP contribution is 2.41. The van der Waals surface area contributed by atoms with Crippen LogP contribution in [0, 0.1) is 5.41 Å². The lowest BCUT2D eigenvalue weighted by Gasteiger charge is -2.27. The summed E-state index contributed by atoms with van der Waals surface area (Å²) in [6, 6.07) is 7.40. The van der Waals surface area contributed by atoms with E-state index in [-0.39, 0.29) is 29.4 Å². The van der Waals surface area contributed by atoms with Gasteiger partial charge in [0.25, 0.3) is 0 Å². The van der Waals surface area contributed by atoms with Crippen LogP contribution in [0.1, 0.15) is 44.9 Å². The molecule has 31 heavy (non-hydrogen) atoms. The van der Waals surface area contributed by atoms with Crippen LogP contribution >= 0.6 is 35.6 Å². The minimum Gasteiger partial charge on any atom is -0.385 e. The summed E-state index contributed by atoms with van der Waals surface area (Å²) in [5.41, 5.74) is 1.16. The van der Waals surface area contributed by atoms with Crippen LogP contribution in [0.3, 0.4) is 0 Å². The van der Waals surface area contributed by atoms with Gasteiger partial charge in [0, 0.05) is 50.4 Å². The van der Waals surface area contributed by atoms with Gasteiger partial charge in [0.15, 0.2) is 5.96 Å². The average molecular weight is 562 g/mol. The van der Waals surface area contributed by atoms with Gasteiger partial charge in [0.2, 0.25) is 11.7 Å². The van der Waals surface area contributed by atoms with Gasteiger partial charge in [-0.15, -0.1) is 24.0 Å². The van der Waals surface area contributed by atoms with E-state index in [0.29, 0.717) is 29.7 Å². The summed E-state index contributed by atoms with van der Waals surface area (Å²) in [4.78, 5) is 9.34. The minimum atomic E-state index is 0. The Morgan fingerprint density at radius 3 is 2.65 bits per heavy atom. The molecule has 1 aromatic heterocycles. The summed E-state index contributed by atoms with van der Waals surface area (Å²) < 4.78 is 10.7. The Balaban J connectivity index is 0.00000341. The normalized spacial score (nSPS) is 15.5. The fourth-order valence-corrected chi connectivity index (χ4v) is 4.01. The first kappa shape index (κ1) is 25.9. The van der Waals surface area contributed by atoms with Crippen LogP contribution in [0.4, 0.5) is 0 Å². The van der Waals surface area contributed by atoms with Crippen molar-refractivity contribution in [3.63, 3.8) is 0 Å². The molecule has 1 aliphatic carbocycles. The molecule has 0 unspecified atom stereocenters. The van der Waals surface area contributed by atoms with Gasteiger partial charge in [-0.2, -0.15) is 4.98 Å². The molecule has 9 heteroatoms. The first-order chi connectivity index (χ1) is 14.6. The fraction of sp³-hybridized carbons (Fsp3) is 0.591. The summed E-state index contributed by atoms with van der Waals surface area (Å²) in [7, 11) is 1.77. The third-order valence-electron chi connectivity index (χ3n) is 5.62. The smallest absolute Gasteiger partial charge is 0.228 e. The minimum absolute atomic E-state index is 0. The molecule has 3 rings (SSSR count). The first-order valence-electron chi connectivity index (χ1n) is 10.7. The summed E-state index contributed by atoms with van der Waals surface area (Å²) in [6.45, 7) is 5.18. The molecule has 0 atom stereocenters. The van der Waals surface area contributed by atoms with Crippen LogP contribution in [0.25, 0.3) is 11.4 Å². The topological polar surface area (TPSA) is 84.6 Å². The number of aromatic nitrogens is 2. The van der Waals surface area contributed by atoms with E-state index in [4.69, 9.17) is 25.9 Å². The Hall–Kier alpha value is -1.39. The van der Waals surface area contributed by atoms with E-state index in [1.54, 1.807) is 7.11 Å². The Kier molecular flexibility index (Phi) is 11.0. The third kappa shape index (κ3) is 7.91. The zero-order valence-electron chi connectivity index (χ0n) is 18.3. The van der Waals surface area contributed by atoms with Crippen molar-refractivity contribution in [2.24, 2.45) is 10.4 Å². The number of nitrogens with zero attached hydrogens (tertiary/aromatic N) is 3. The number of aliphatic imine (C=N–C) groups is 1. The Bertz CT molecular complexity index is 806. The lowest BCUT2D eigenvalue weighted by atomic mass is 9.83. The van der Waals surface area contributed by atoms with Crippen LogP contribution in [0.5, 0.6) is 0 Å². The number of nitrogens with one attached hydrogen (secondary N) is 2. The predicted molar refractivity (Wildman–Crippen MR) is 135 cm³/mol. The van der Waals surface area contributed by atoms with Crippen LogP contribution in [0.15, 0.2) is 33.8 Å². The van der Waals surface area contributed by atoms with Crippen LogP contribution in [0.2, 0.25) is 5.02 Å².